The average Bonchev–Trinajstić information content (AvgIpc) is 0.811. The molecule has 0 heterocycles. The average molecular weight is 264 g/mol. The predicted octanol–water partition coefficient (Wildman–Crippen LogP) is -12.2. The summed E-state index contributed by atoms with van der Waals surface area (Å²) in [5.41, 5.74) is 0. The Labute approximate surface area is 62.4 Å². The van der Waals surface area contributed by atoms with E-state index in [0.29, 0.717) is 0 Å². The highest BCUT2D eigenvalue weighted by Gasteiger charge is 1.70. The highest BCUT2D eigenvalue weighted by molar-refractivity contribution is 2.13. The van der Waals surface area contributed by atoms with E-state index >= 15 is 0 Å². The second-order valence-electron chi connectivity index (χ2n) is 0.189. The van der Waals surface area contributed by atoms with Crippen molar-refractivity contribution in [2.24, 2.45) is 0 Å². The van der Waals surface area contributed by atoms with E-state index in [-0.39, 0.29) is 31.0 Å². The van der Waals surface area contributed by atoms with Gasteiger partial charge in [-0.3, -0.25) is 0 Å². The van der Waals surface area contributed by atoms with Crippen LogP contribution in [0.1, 0.15) is 0 Å². The van der Waals surface area contributed by atoms with E-state index in [2.05, 4.69) is 0 Å². The molecule has 0 aromatic rings. The van der Waals surface area contributed by atoms with Gasteiger partial charge in [-0.25, -0.2) is 0 Å². The van der Waals surface area contributed by atoms with Gasteiger partial charge >= 0.3 is 0 Å². The lowest BCUT2D eigenvalue weighted by Gasteiger charge is -1.84. The molecule has 0 spiro atoms. The fraction of sp³-hybridized carbons (Fsp3) is 0. The molecule has 7 heavy (non-hydrogen) atoms. The van der Waals surface area contributed by atoms with Gasteiger partial charge < -0.3 is 41.3 Å². The third-order valence-electron chi connectivity index (χ3n) is 0. The van der Waals surface area contributed by atoms with Crippen molar-refractivity contribution in [2.75, 3.05) is 0 Å². The maximum atomic E-state index is 8.57. The van der Waals surface area contributed by atoms with Gasteiger partial charge in [-0.05, 0) is 0 Å². The van der Waals surface area contributed by atoms with Crippen LogP contribution in [0.4, 0.5) is 0 Å². The maximum Gasteiger partial charge on any atom is 0.282 e. The Morgan fingerprint density at radius 1 is 0.857 bits per heavy atom. The van der Waals surface area contributed by atoms with Crippen molar-refractivity contribution in [3.63, 3.8) is 0 Å². The van der Waals surface area contributed by atoms with E-state index in [1.54, 1.807) is 0 Å². The van der Waals surface area contributed by atoms with E-state index < -0.39 is 21.1 Å². The van der Waals surface area contributed by atoms with Crippen molar-refractivity contribution < 1.29 is 56.2 Å². The maximum absolute atomic E-state index is 8.57. The molecule has 7 heteroatoms. The zero-order valence-electron chi connectivity index (χ0n) is 3.36. The van der Waals surface area contributed by atoms with Crippen LogP contribution in [0, 0.1) is 0 Å². The molecule has 0 amide bonds. The van der Waals surface area contributed by atoms with Gasteiger partial charge in [0, 0.05) is 0 Å². The van der Waals surface area contributed by atoms with Crippen LogP contribution in [0.15, 0.2) is 0 Å². The minimum absolute atomic E-state index is 0. The molecule has 0 radical (unpaired) electrons. The Balaban J connectivity index is -0.0000000150. The summed E-state index contributed by atoms with van der Waals surface area (Å²) in [6, 6.07) is 0. The molecule has 0 aliphatic carbocycles. The summed E-state index contributed by atoms with van der Waals surface area (Å²) in [6.07, 6.45) is 0. The summed E-state index contributed by atoms with van der Waals surface area (Å²) in [4.78, 5) is 0. The minimum atomic E-state index is -4.01. The Bertz CT molecular complexity index is 17.7. The lowest BCUT2D eigenvalue weighted by Crippen LogP contribution is -4.05. The molecule has 0 aliphatic rings. The van der Waals surface area contributed by atoms with E-state index in [4.69, 9.17) is 10.3 Å². The lowest BCUT2D eigenvalue weighted by molar-refractivity contribution is -1.73. The van der Waals surface area contributed by atoms with Gasteiger partial charge in [-0.2, -0.15) is 0 Å². The van der Waals surface area contributed by atoms with Crippen molar-refractivity contribution in [2.45, 2.75) is 0 Å². The molecule has 0 fully saturated rings. The first-order valence-corrected chi connectivity index (χ1v) is 3.11. The topological polar surface area (TPSA) is 106 Å². The Morgan fingerprint density at radius 2 is 0.857 bits per heavy atom. The fourth-order valence-corrected chi connectivity index (χ4v) is 0. The Morgan fingerprint density at radius 3 is 0.857 bits per heavy atom. The predicted molar refractivity (Wildman–Crippen MR) is 5.98 cm³/mol. The number of hydrogen-bond donors (Lipinski definition) is 1. The van der Waals surface area contributed by atoms with E-state index in [9.17, 15) is 0 Å². The normalized spacial score (nSPS) is 5.14. The van der Waals surface area contributed by atoms with Crippen molar-refractivity contribution in [1.29, 1.82) is 0 Å². The first-order valence-electron chi connectivity index (χ1n) is 0.463. The molecule has 4 N–H and O–H groups in total. The third kappa shape index (κ3) is 143. The second-order valence-corrected chi connectivity index (χ2v) is 1.27. The van der Waals surface area contributed by atoms with Gasteiger partial charge in [-0.1, -0.05) is 0 Å². The quantitative estimate of drug-likeness (QED) is 0.439. The standard InChI is InChI=1S/2ClH.IO3.H3N/c;;2-1(3)4;/h2*1H;;1H3/q;;-1;/p-1. The molecule has 50 valence electrons. The summed E-state index contributed by atoms with van der Waals surface area (Å²) >= 11 is -4.01. The molecule has 0 atom stereocenters. The van der Waals surface area contributed by atoms with Crippen LogP contribution in [0.3, 0.4) is 0 Å². The lowest BCUT2D eigenvalue weighted by atomic mass is 14.0. The molecule has 0 aromatic carbocycles. The number of rotatable bonds is 0. The van der Waals surface area contributed by atoms with Crippen molar-refractivity contribution in [1.82, 2.24) is 6.15 Å². The Hall–Kier alpha value is 1.15. The van der Waals surface area contributed by atoms with Gasteiger partial charge in [0.1, 0.15) is 0 Å². The first kappa shape index (κ1) is 24.2. The monoisotopic (exact) mass is 263 g/mol. The highest BCUT2D eigenvalue weighted by atomic mass is 127. The first-order chi connectivity index (χ1) is 1.73. The second kappa shape index (κ2) is 15.7. The molecular weight excluding hydrogens is 260 g/mol. The number of hydrogen-bond acceptors (Lipinski definition) is 3. The molecule has 0 bridgehead atoms. The summed E-state index contributed by atoms with van der Waals surface area (Å²) in [5.74, 6) is 0. The molecular formula is H4Cl2INO3-2. The molecule has 0 saturated heterocycles. The zero-order valence-corrected chi connectivity index (χ0v) is 7.03. The van der Waals surface area contributed by atoms with Gasteiger partial charge in [0.2, 0.25) is 0 Å². The van der Waals surface area contributed by atoms with Crippen LogP contribution in [0.5, 0.6) is 0 Å². The summed E-state index contributed by atoms with van der Waals surface area (Å²) < 4.78 is 25.7. The van der Waals surface area contributed by atoms with E-state index in [1.165, 1.54) is 0 Å². The van der Waals surface area contributed by atoms with E-state index in [0.717, 1.165) is 0 Å². The number of quaternary nitrogens is 1. The Kier molecular flexibility index (Phi) is 54.3. The summed E-state index contributed by atoms with van der Waals surface area (Å²) in [7, 11) is 0. The molecule has 0 rings (SSSR count). The van der Waals surface area contributed by atoms with Gasteiger partial charge in [0.15, 0.2) is 0 Å². The van der Waals surface area contributed by atoms with Gasteiger partial charge in [0.05, 0.1) is 0 Å². The van der Waals surface area contributed by atoms with Crippen LogP contribution in [-0.4, -0.2) is 0 Å². The third-order valence-corrected chi connectivity index (χ3v) is 0. The van der Waals surface area contributed by atoms with Gasteiger partial charge in [-0.15, -0.1) is 0 Å². The van der Waals surface area contributed by atoms with Crippen molar-refractivity contribution >= 4 is 0 Å². The van der Waals surface area contributed by atoms with E-state index in [1.807, 2.05) is 0 Å². The summed E-state index contributed by atoms with van der Waals surface area (Å²) in [6.45, 7) is 0. The molecule has 0 aromatic heterocycles. The summed E-state index contributed by atoms with van der Waals surface area (Å²) in [5, 5.41) is 0. The van der Waals surface area contributed by atoms with Crippen LogP contribution in [-0.2, 0) is 0 Å². The number of halogens is 3. The van der Waals surface area contributed by atoms with Crippen LogP contribution >= 0.6 is 0 Å². The minimum Gasteiger partial charge on any atom is -1.00 e. The molecule has 0 unspecified atom stereocenters. The highest BCUT2D eigenvalue weighted by Crippen LogP contribution is -0.137. The van der Waals surface area contributed by atoms with Crippen LogP contribution < -0.4 is 62.3 Å². The van der Waals surface area contributed by atoms with Crippen molar-refractivity contribution in [3.05, 3.63) is 0 Å². The van der Waals surface area contributed by atoms with Gasteiger partial charge in [0.25, 0.3) is 21.1 Å². The zero-order chi connectivity index (χ0) is 3.58. The molecule has 0 aliphatic heterocycles. The smallest absolute Gasteiger partial charge is 0.282 e. The van der Waals surface area contributed by atoms with Crippen LogP contribution in [0.2, 0.25) is 0 Å². The largest absolute Gasteiger partial charge is 1.00 e. The van der Waals surface area contributed by atoms with Crippen LogP contribution in [0.25, 0.3) is 0 Å². The van der Waals surface area contributed by atoms with Crippen molar-refractivity contribution in [3.8, 4) is 0 Å². The molecule has 4 nitrogen and oxygen atoms in total. The molecule has 0 saturated carbocycles. The SMILES string of the molecule is [Cl-].[Cl-].[NH4+].[O-][I+2]([O-])[O-]. The fourth-order valence-electron chi connectivity index (χ4n) is 0.